The molecule has 0 radical (unpaired) electrons. The third-order valence-corrected chi connectivity index (χ3v) is 5.34. The number of nitrogens with zero attached hydrogens (tertiary/aromatic N) is 4. The summed E-state index contributed by atoms with van der Waals surface area (Å²) in [5.41, 5.74) is 0.972. The van der Waals surface area contributed by atoms with Crippen LogP contribution in [-0.4, -0.2) is 33.9 Å². The van der Waals surface area contributed by atoms with Gasteiger partial charge in [-0.05, 0) is 31.9 Å². The average Bonchev–Trinajstić information content (AvgIpc) is 3.41. The van der Waals surface area contributed by atoms with Crippen molar-refractivity contribution in [2.45, 2.75) is 26.3 Å². The number of amides is 1. The van der Waals surface area contributed by atoms with Gasteiger partial charge in [-0.2, -0.15) is 0 Å². The summed E-state index contributed by atoms with van der Waals surface area (Å²) in [6, 6.07) is 3.67. The molecule has 0 saturated carbocycles. The molecule has 0 aliphatic carbocycles. The van der Waals surface area contributed by atoms with E-state index in [9.17, 15) is 4.79 Å². The molecule has 7 nitrogen and oxygen atoms in total. The number of thiazole rings is 1. The van der Waals surface area contributed by atoms with Crippen molar-refractivity contribution in [1.82, 2.24) is 20.3 Å². The molecule has 3 aromatic heterocycles. The van der Waals surface area contributed by atoms with Gasteiger partial charge in [0.1, 0.15) is 11.5 Å². The predicted octanol–water partition coefficient (Wildman–Crippen LogP) is 3.69. The van der Waals surface area contributed by atoms with Gasteiger partial charge in [-0.3, -0.25) is 4.79 Å². The van der Waals surface area contributed by atoms with Crippen LogP contribution in [0.1, 0.15) is 34.1 Å². The van der Waals surface area contributed by atoms with E-state index >= 15 is 0 Å². The Bertz CT molecular complexity index is 964. The Morgan fingerprint density at radius 1 is 1.33 bits per heavy atom. The lowest BCUT2D eigenvalue weighted by Gasteiger charge is -2.15. The normalized spacial score (nSPS) is 13.9. The number of carbonyl (C=O) groups is 1. The van der Waals surface area contributed by atoms with Crippen LogP contribution in [0.4, 0.5) is 5.95 Å². The lowest BCUT2D eigenvalue weighted by Crippen LogP contribution is -2.26. The lowest BCUT2D eigenvalue weighted by molar-refractivity contribution is 0.0943. The molecule has 3 aromatic rings. The van der Waals surface area contributed by atoms with Gasteiger partial charge in [-0.1, -0.05) is 11.6 Å². The molecule has 0 atom stereocenters. The van der Waals surface area contributed by atoms with Crippen LogP contribution in [0.5, 0.6) is 0 Å². The van der Waals surface area contributed by atoms with Crippen molar-refractivity contribution < 1.29 is 9.21 Å². The first-order chi connectivity index (χ1) is 13.1. The van der Waals surface area contributed by atoms with Crippen LogP contribution in [-0.2, 0) is 6.54 Å². The molecule has 1 fully saturated rings. The highest BCUT2D eigenvalue weighted by Gasteiger charge is 2.20. The number of rotatable bonds is 5. The number of aromatic nitrogens is 3. The quantitative estimate of drug-likeness (QED) is 0.699. The highest BCUT2D eigenvalue weighted by atomic mass is 35.5. The van der Waals surface area contributed by atoms with Gasteiger partial charge < -0.3 is 14.6 Å². The Morgan fingerprint density at radius 2 is 2.15 bits per heavy atom. The largest absolute Gasteiger partial charge is 0.458 e. The molecule has 0 spiro atoms. The van der Waals surface area contributed by atoms with Gasteiger partial charge in [0, 0.05) is 18.5 Å². The van der Waals surface area contributed by atoms with Crippen molar-refractivity contribution in [1.29, 1.82) is 0 Å². The van der Waals surface area contributed by atoms with E-state index in [1.54, 1.807) is 11.3 Å². The highest BCUT2D eigenvalue weighted by molar-refractivity contribution is 7.09. The van der Waals surface area contributed by atoms with Crippen molar-refractivity contribution in [3.8, 4) is 11.5 Å². The summed E-state index contributed by atoms with van der Waals surface area (Å²) in [5, 5.41) is 5.95. The van der Waals surface area contributed by atoms with E-state index in [0.29, 0.717) is 17.5 Å². The van der Waals surface area contributed by atoms with E-state index in [4.69, 9.17) is 16.0 Å². The smallest absolute Gasteiger partial charge is 0.272 e. The van der Waals surface area contributed by atoms with Crippen LogP contribution in [0.3, 0.4) is 0 Å². The van der Waals surface area contributed by atoms with Crippen molar-refractivity contribution in [3.05, 3.63) is 45.2 Å². The molecule has 1 N–H and O–H groups in total. The molecule has 4 heterocycles. The maximum Gasteiger partial charge on any atom is 0.272 e. The molecule has 1 saturated heterocycles. The summed E-state index contributed by atoms with van der Waals surface area (Å²) in [5.74, 6) is 1.50. The fraction of sp³-hybridized carbons (Fsp3) is 0.333. The second kappa shape index (κ2) is 7.66. The number of halogens is 1. The first-order valence-corrected chi connectivity index (χ1v) is 9.93. The van der Waals surface area contributed by atoms with Crippen LogP contribution < -0.4 is 10.2 Å². The number of hydrogen-bond donors (Lipinski definition) is 1. The number of aryl methyl sites for hydroxylation is 1. The van der Waals surface area contributed by atoms with Gasteiger partial charge >= 0.3 is 0 Å². The first-order valence-electron chi connectivity index (χ1n) is 8.67. The van der Waals surface area contributed by atoms with Crippen LogP contribution in [0, 0.1) is 6.92 Å². The van der Waals surface area contributed by atoms with E-state index in [1.807, 2.05) is 24.4 Å². The Kier molecular flexibility index (Phi) is 5.09. The van der Waals surface area contributed by atoms with Crippen LogP contribution >= 0.6 is 22.9 Å². The van der Waals surface area contributed by atoms with Crippen molar-refractivity contribution in [2.24, 2.45) is 0 Å². The average molecular weight is 404 g/mol. The van der Waals surface area contributed by atoms with E-state index in [2.05, 4.69) is 25.2 Å². The molecule has 140 valence electrons. The summed E-state index contributed by atoms with van der Waals surface area (Å²) in [6.07, 6.45) is 3.69. The number of anilines is 1. The van der Waals surface area contributed by atoms with Crippen LogP contribution in [0.25, 0.3) is 11.5 Å². The molecule has 9 heteroatoms. The van der Waals surface area contributed by atoms with Crippen molar-refractivity contribution in [3.63, 3.8) is 0 Å². The molecule has 1 amide bonds. The number of nitrogens with one attached hydrogen (secondary N) is 1. The minimum Gasteiger partial charge on any atom is -0.458 e. The van der Waals surface area contributed by atoms with Crippen molar-refractivity contribution in [2.75, 3.05) is 18.0 Å². The number of furan rings is 1. The minimum absolute atomic E-state index is 0.176. The molecule has 0 aromatic carbocycles. The lowest BCUT2D eigenvalue weighted by atomic mass is 10.3. The maximum absolute atomic E-state index is 12.5. The molecule has 1 aliphatic heterocycles. The Balaban J connectivity index is 1.43. The SMILES string of the molecule is Cc1nc(-c2ccc(CNC(=O)c3nc(N4CCCC4)ncc3Cl)o2)cs1. The fourth-order valence-corrected chi connectivity index (χ4v) is 3.70. The van der Waals surface area contributed by atoms with Gasteiger partial charge in [-0.25, -0.2) is 15.0 Å². The van der Waals surface area contributed by atoms with E-state index in [0.717, 1.165) is 36.6 Å². The maximum atomic E-state index is 12.5. The fourth-order valence-electron chi connectivity index (χ4n) is 2.92. The molecule has 4 rings (SSSR count). The number of hydrogen-bond acceptors (Lipinski definition) is 7. The van der Waals surface area contributed by atoms with E-state index in [1.165, 1.54) is 6.20 Å². The third kappa shape index (κ3) is 3.96. The van der Waals surface area contributed by atoms with Gasteiger partial charge in [0.05, 0.1) is 22.8 Å². The second-order valence-electron chi connectivity index (χ2n) is 6.26. The molecular weight excluding hydrogens is 386 g/mol. The summed E-state index contributed by atoms with van der Waals surface area (Å²) in [7, 11) is 0. The molecule has 27 heavy (non-hydrogen) atoms. The zero-order chi connectivity index (χ0) is 18.8. The Labute approximate surface area is 165 Å². The summed E-state index contributed by atoms with van der Waals surface area (Å²) in [6.45, 7) is 3.98. The van der Waals surface area contributed by atoms with Gasteiger partial charge in [0.2, 0.25) is 5.95 Å². The standard InChI is InChI=1S/C18H18ClN5O2S/c1-11-22-14(10-27-11)15-5-4-12(26-15)8-20-17(25)16-13(19)9-21-18(23-16)24-6-2-3-7-24/h4-5,9-10H,2-3,6-8H2,1H3,(H,20,25). The monoisotopic (exact) mass is 403 g/mol. The van der Waals surface area contributed by atoms with Crippen LogP contribution in [0.15, 0.2) is 28.1 Å². The Hall–Kier alpha value is -2.45. The highest BCUT2D eigenvalue weighted by Crippen LogP contribution is 2.24. The minimum atomic E-state index is -0.356. The summed E-state index contributed by atoms with van der Waals surface area (Å²) < 4.78 is 5.76. The molecule has 0 bridgehead atoms. The third-order valence-electron chi connectivity index (χ3n) is 4.29. The summed E-state index contributed by atoms with van der Waals surface area (Å²) in [4.78, 5) is 27.6. The zero-order valence-corrected chi connectivity index (χ0v) is 16.3. The first kappa shape index (κ1) is 17.9. The van der Waals surface area contributed by atoms with E-state index < -0.39 is 0 Å². The summed E-state index contributed by atoms with van der Waals surface area (Å²) >= 11 is 7.69. The Morgan fingerprint density at radius 3 is 2.89 bits per heavy atom. The molecular formula is C18H18ClN5O2S. The topological polar surface area (TPSA) is 84.2 Å². The van der Waals surface area contributed by atoms with Gasteiger partial charge in [0.25, 0.3) is 5.91 Å². The van der Waals surface area contributed by atoms with Crippen molar-refractivity contribution >= 4 is 34.8 Å². The molecule has 0 unspecified atom stereocenters. The number of carbonyl (C=O) groups excluding carboxylic acids is 1. The van der Waals surface area contributed by atoms with E-state index in [-0.39, 0.29) is 23.2 Å². The van der Waals surface area contributed by atoms with Gasteiger partial charge in [-0.15, -0.1) is 11.3 Å². The van der Waals surface area contributed by atoms with Crippen LogP contribution in [0.2, 0.25) is 5.02 Å². The zero-order valence-electron chi connectivity index (χ0n) is 14.7. The van der Waals surface area contributed by atoms with Gasteiger partial charge in [0.15, 0.2) is 11.5 Å². The predicted molar refractivity (Wildman–Crippen MR) is 104 cm³/mol. The molecule has 1 aliphatic rings. The second-order valence-corrected chi connectivity index (χ2v) is 7.73.